The normalized spacial score (nSPS) is 11.2. The van der Waals surface area contributed by atoms with E-state index in [2.05, 4.69) is 15.8 Å². The summed E-state index contributed by atoms with van der Waals surface area (Å²) in [5, 5.41) is 17.4. The van der Waals surface area contributed by atoms with Crippen LogP contribution >= 0.6 is 0 Å². The van der Waals surface area contributed by atoms with E-state index in [4.69, 9.17) is 9.15 Å². The van der Waals surface area contributed by atoms with Gasteiger partial charge in [0.25, 0.3) is 17.5 Å². The molecule has 0 bridgehead atoms. The molecule has 0 spiro atoms. The summed E-state index contributed by atoms with van der Waals surface area (Å²) in [6, 6.07) is 14.9. The van der Waals surface area contributed by atoms with Gasteiger partial charge in [-0.2, -0.15) is 5.10 Å². The number of non-ortho nitro benzene ring substituents is 1. The van der Waals surface area contributed by atoms with E-state index in [1.54, 1.807) is 36.4 Å². The summed E-state index contributed by atoms with van der Waals surface area (Å²) in [4.78, 5) is 34.5. The van der Waals surface area contributed by atoms with Crippen LogP contribution in [0.4, 0.5) is 11.4 Å². The molecule has 3 rings (SSSR count). The molecular formula is C23H23N5O8S. The number of rotatable bonds is 12. The predicted molar refractivity (Wildman–Crippen MR) is 134 cm³/mol. The van der Waals surface area contributed by atoms with Crippen molar-refractivity contribution in [1.82, 2.24) is 10.7 Å². The fourth-order valence-electron chi connectivity index (χ4n) is 2.96. The third-order valence-electron chi connectivity index (χ3n) is 4.71. The third-order valence-corrected chi connectivity index (χ3v) is 5.85. The molecule has 0 saturated heterocycles. The number of carbonyl (C=O) groups is 2. The number of hydrogen-bond donors (Lipinski definition) is 2. The molecule has 13 nitrogen and oxygen atoms in total. The van der Waals surface area contributed by atoms with Crippen LogP contribution in [-0.4, -0.2) is 50.8 Å². The van der Waals surface area contributed by atoms with E-state index in [1.165, 1.54) is 30.7 Å². The zero-order valence-electron chi connectivity index (χ0n) is 19.6. The molecule has 0 unspecified atom stereocenters. The summed E-state index contributed by atoms with van der Waals surface area (Å²) >= 11 is 0. The molecule has 0 aliphatic heterocycles. The number of benzene rings is 2. The molecule has 0 atom stereocenters. The van der Waals surface area contributed by atoms with Crippen LogP contribution in [0.2, 0.25) is 0 Å². The number of anilines is 1. The topological polar surface area (TPSA) is 173 Å². The smallest absolute Gasteiger partial charge is 0.271 e. The van der Waals surface area contributed by atoms with E-state index in [0.717, 1.165) is 16.6 Å². The first-order valence-electron chi connectivity index (χ1n) is 10.7. The standard InChI is InChI=1S/C23H23N5O8S/c1-37(33,34)27(18-4-2-5-19(12-18)28(31)32)15-22(29)26-25-13-17-7-9-20(10-8-17)36-16-23(30)24-14-21-6-3-11-35-21/h2-13H,14-16H2,1H3,(H,24,30)(H,26,29)/b25-13-. The van der Waals surface area contributed by atoms with E-state index in [-0.39, 0.29) is 30.4 Å². The number of nitro benzene ring substituents is 1. The van der Waals surface area contributed by atoms with Gasteiger partial charge in [0.1, 0.15) is 18.1 Å². The van der Waals surface area contributed by atoms with Crippen LogP contribution in [-0.2, 0) is 26.2 Å². The number of carbonyl (C=O) groups excluding carboxylic acids is 2. The minimum atomic E-state index is -3.91. The lowest BCUT2D eigenvalue weighted by Gasteiger charge is -2.21. The summed E-state index contributed by atoms with van der Waals surface area (Å²) in [7, 11) is -3.91. The molecule has 2 amide bonds. The molecule has 0 fully saturated rings. The van der Waals surface area contributed by atoms with Gasteiger partial charge in [0.05, 0.1) is 35.9 Å². The molecule has 1 heterocycles. The summed E-state index contributed by atoms with van der Waals surface area (Å²) in [5.41, 5.74) is 2.47. The summed E-state index contributed by atoms with van der Waals surface area (Å²) < 4.78 is 35.6. The Morgan fingerprint density at radius 1 is 1.14 bits per heavy atom. The first-order valence-corrected chi connectivity index (χ1v) is 12.5. The molecule has 2 N–H and O–H groups in total. The second-order valence-electron chi connectivity index (χ2n) is 7.55. The zero-order valence-corrected chi connectivity index (χ0v) is 20.4. The van der Waals surface area contributed by atoms with Crippen molar-refractivity contribution in [3.63, 3.8) is 0 Å². The highest BCUT2D eigenvalue weighted by molar-refractivity contribution is 7.92. The lowest BCUT2D eigenvalue weighted by atomic mass is 10.2. The molecule has 0 radical (unpaired) electrons. The lowest BCUT2D eigenvalue weighted by molar-refractivity contribution is -0.384. The van der Waals surface area contributed by atoms with Crippen LogP contribution in [0.25, 0.3) is 0 Å². The largest absolute Gasteiger partial charge is 0.484 e. The summed E-state index contributed by atoms with van der Waals surface area (Å²) in [6.07, 6.45) is 3.73. The maximum absolute atomic E-state index is 12.3. The van der Waals surface area contributed by atoms with Gasteiger partial charge in [-0.25, -0.2) is 13.8 Å². The van der Waals surface area contributed by atoms with Crippen LogP contribution in [0.5, 0.6) is 5.75 Å². The Morgan fingerprint density at radius 2 is 1.89 bits per heavy atom. The lowest BCUT2D eigenvalue weighted by Crippen LogP contribution is -2.39. The number of nitrogens with zero attached hydrogens (tertiary/aromatic N) is 3. The number of hydrogen-bond acceptors (Lipinski definition) is 9. The molecule has 37 heavy (non-hydrogen) atoms. The Kier molecular flexibility index (Phi) is 8.94. The highest BCUT2D eigenvalue weighted by Gasteiger charge is 2.22. The van der Waals surface area contributed by atoms with E-state index < -0.39 is 27.4 Å². The van der Waals surface area contributed by atoms with Crippen molar-refractivity contribution in [2.75, 3.05) is 23.7 Å². The summed E-state index contributed by atoms with van der Waals surface area (Å²) in [5.74, 6) is -0.0149. The molecule has 194 valence electrons. The first kappa shape index (κ1) is 26.9. The Bertz CT molecular complexity index is 1370. The van der Waals surface area contributed by atoms with Crippen LogP contribution in [0.15, 0.2) is 76.4 Å². The molecule has 0 aliphatic rings. The van der Waals surface area contributed by atoms with Crippen LogP contribution in [0, 0.1) is 10.1 Å². The van der Waals surface area contributed by atoms with E-state index >= 15 is 0 Å². The SMILES string of the molecule is CS(=O)(=O)N(CC(=O)N/N=C\c1ccc(OCC(=O)NCc2ccco2)cc1)c1cccc([N+](=O)[O-])c1. The van der Waals surface area contributed by atoms with Gasteiger partial charge in [-0.15, -0.1) is 0 Å². The molecule has 0 aliphatic carbocycles. The van der Waals surface area contributed by atoms with Crippen molar-refractivity contribution in [1.29, 1.82) is 0 Å². The number of furan rings is 1. The van der Waals surface area contributed by atoms with Gasteiger partial charge in [-0.1, -0.05) is 6.07 Å². The van der Waals surface area contributed by atoms with Crippen molar-refractivity contribution in [2.24, 2.45) is 5.10 Å². The monoisotopic (exact) mass is 529 g/mol. The fraction of sp³-hybridized carbons (Fsp3) is 0.174. The van der Waals surface area contributed by atoms with Crippen molar-refractivity contribution in [2.45, 2.75) is 6.54 Å². The predicted octanol–water partition coefficient (Wildman–Crippen LogP) is 1.80. The average molecular weight is 530 g/mol. The Morgan fingerprint density at radius 3 is 2.54 bits per heavy atom. The van der Waals surface area contributed by atoms with E-state index in [1.807, 2.05) is 0 Å². The van der Waals surface area contributed by atoms with Crippen LogP contribution in [0.1, 0.15) is 11.3 Å². The minimum Gasteiger partial charge on any atom is -0.484 e. The van der Waals surface area contributed by atoms with Crippen LogP contribution in [0.3, 0.4) is 0 Å². The van der Waals surface area contributed by atoms with Crippen LogP contribution < -0.4 is 19.8 Å². The first-order chi connectivity index (χ1) is 17.6. The molecule has 3 aromatic rings. The van der Waals surface area contributed by atoms with Crippen molar-refractivity contribution < 1.29 is 32.1 Å². The highest BCUT2D eigenvalue weighted by Crippen LogP contribution is 2.23. The highest BCUT2D eigenvalue weighted by atomic mass is 32.2. The Hall–Kier alpha value is -4.72. The number of nitro groups is 1. The fourth-order valence-corrected chi connectivity index (χ4v) is 3.80. The Balaban J connectivity index is 1.50. The van der Waals surface area contributed by atoms with Gasteiger partial charge in [-0.3, -0.25) is 24.0 Å². The summed E-state index contributed by atoms with van der Waals surface area (Å²) in [6.45, 7) is -0.568. The van der Waals surface area contributed by atoms with Gasteiger partial charge >= 0.3 is 0 Å². The van der Waals surface area contributed by atoms with Gasteiger partial charge in [0.2, 0.25) is 10.0 Å². The quantitative estimate of drug-likeness (QED) is 0.203. The zero-order chi connectivity index (χ0) is 26.8. The number of amides is 2. The number of hydrazone groups is 1. The molecule has 2 aromatic carbocycles. The average Bonchev–Trinajstić information content (AvgIpc) is 3.39. The third kappa shape index (κ3) is 8.47. The van der Waals surface area contributed by atoms with Gasteiger partial charge in [0, 0.05) is 12.1 Å². The maximum atomic E-state index is 12.3. The molecule has 1 aromatic heterocycles. The second kappa shape index (κ2) is 12.3. The minimum absolute atomic E-state index is 0.0268. The van der Waals surface area contributed by atoms with Crippen molar-refractivity contribution in [3.8, 4) is 5.75 Å². The maximum Gasteiger partial charge on any atom is 0.271 e. The van der Waals surface area contributed by atoms with Crippen molar-refractivity contribution >= 4 is 39.4 Å². The molecule has 14 heteroatoms. The van der Waals surface area contributed by atoms with Gasteiger partial charge < -0.3 is 14.5 Å². The number of ether oxygens (including phenoxy) is 1. The second-order valence-corrected chi connectivity index (χ2v) is 9.46. The number of sulfonamides is 1. The molecule has 0 saturated carbocycles. The van der Waals surface area contributed by atoms with E-state index in [0.29, 0.717) is 17.1 Å². The van der Waals surface area contributed by atoms with Crippen molar-refractivity contribution in [3.05, 3.63) is 88.4 Å². The Labute approximate surface area is 211 Å². The van der Waals surface area contributed by atoms with Gasteiger partial charge in [0.15, 0.2) is 6.61 Å². The molecular weight excluding hydrogens is 506 g/mol. The van der Waals surface area contributed by atoms with E-state index in [9.17, 15) is 28.1 Å². The number of nitrogens with one attached hydrogen (secondary N) is 2. The van der Waals surface area contributed by atoms with Gasteiger partial charge in [-0.05, 0) is 48.0 Å².